The van der Waals surface area contributed by atoms with Gasteiger partial charge in [-0.1, -0.05) is 6.92 Å². The van der Waals surface area contributed by atoms with E-state index in [0.717, 1.165) is 18.0 Å². The molecule has 1 aromatic heterocycles. The summed E-state index contributed by atoms with van der Waals surface area (Å²) in [4.78, 5) is 11.8. The van der Waals surface area contributed by atoms with Gasteiger partial charge in [-0.3, -0.25) is 0 Å². The van der Waals surface area contributed by atoms with Gasteiger partial charge in [-0.2, -0.15) is 4.37 Å². The normalized spacial score (nSPS) is 16.3. The molecule has 1 aliphatic rings. The number of nitrogens with zero attached hydrogens (tertiary/aromatic N) is 1. The highest BCUT2D eigenvalue weighted by atomic mass is 32.1. The van der Waals surface area contributed by atoms with E-state index in [4.69, 9.17) is 10.5 Å². The zero-order chi connectivity index (χ0) is 13.2. The van der Waals surface area contributed by atoms with Crippen LogP contribution < -0.4 is 11.1 Å². The number of nitrogens with two attached hydrogens (primary N) is 1. The van der Waals surface area contributed by atoms with E-state index in [1.165, 1.54) is 24.4 Å². The molecule has 1 saturated carbocycles. The summed E-state index contributed by atoms with van der Waals surface area (Å²) in [6.07, 6.45) is 3.65. The average molecular weight is 269 g/mol. The maximum Gasteiger partial charge on any atom is 0.344 e. The quantitative estimate of drug-likeness (QED) is 0.776. The van der Waals surface area contributed by atoms with Crippen molar-refractivity contribution >= 4 is 28.3 Å². The van der Waals surface area contributed by atoms with Crippen LogP contribution in [0.5, 0.6) is 0 Å². The van der Waals surface area contributed by atoms with Crippen molar-refractivity contribution in [3.63, 3.8) is 0 Å². The number of esters is 1. The third kappa shape index (κ3) is 2.58. The molecule has 1 aromatic rings. The third-order valence-corrected chi connectivity index (χ3v) is 4.35. The molecular weight excluding hydrogens is 250 g/mol. The summed E-state index contributed by atoms with van der Waals surface area (Å²) in [6.45, 7) is 5.18. The van der Waals surface area contributed by atoms with E-state index < -0.39 is 5.97 Å². The molecule has 1 aliphatic carbocycles. The molecule has 6 heteroatoms. The van der Waals surface area contributed by atoms with Gasteiger partial charge in [0.15, 0.2) is 5.82 Å². The Kier molecular flexibility index (Phi) is 3.75. The minimum absolute atomic E-state index is 0.252. The van der Waals surface area contributed by atoms with Gasteiger partial charge in [0.05, 0.1) is 6.61 Å². The molecule has 0 amide bonds. The smallest absolute Gasteiger partial charge is 0.344 e. The predicted molar refractivity (Wildman–Crippen MR) is 72.9 cm³/mol. The second-order valence-electron chi connectivity index (χ2n) is 4.70. The SMILES string of the molecule is CCOC(=O)c1c(N)nsc1NCC1(CC)CC1. The van der Waals surface area contributed by atoms with E-state index in [1.807, 2.05) is 0 Å². The highest BCUT2D eigenvalue weighted by Crippen LogP contribution is 2.48. The average Bonchev–Trinajstić information content (AvgIpc) is 3.05. The van der Waals surface area contributed by atoms with Gasteiger partial charge in [0, 0.05) is 6.54 Å². The summed E-state index contributed by atoms with van der Waals surface area (Å²) in [7, 11) is 0. The lowest BCUT2D eigenvalue weighted by atomic mass is 10.0. The Labute approximate surface area is 111 Å². The Morgan fingerprint density at radius 3 is 2.83 bits per heavy atom. The highest BCUT2D eigenvalue weighted by molar-refractivity contribution is 7.11. The molecule has 0 spiro atoms. The molecule has 2 rings (SSSR count). The zero-order valence-electron chi connectivity index (χ0n) is 10.8. The maximum absolute atomic E-state index is 11.8. The maximum atomic E-state index is 11.8. The number of carbonyl (C=O) groups is 1. The van der Waals surface area contributed by atoms with Gasteiger partial charge in [0.1, 0.15) is 10.6 Å². The summed E-state index contributed by atoms with van der Waals surface area (Å²) in [5.41, 5.74) is 6.51. The standard InChI is InChI=1S/C12H19N3O2S/c1-3-12(5-6-12)7-14-10-8(9(13)15-18-10)11(16)17-4-2/h14H,3-7H2,1-2H3,(H2,13,15). The first-order valence-electron chi connectivity index (χ1n) is 6.28. The summed E-state index contributed by atoms with van der Waals surface area (Å²) in [6, 6.07) is 0. The lowest BCUT2D eigenvalue weighted by Gasteiger charge is -2.13. The fourth-order valence-corrected chi connectivity index (χ4v) is 2.62. The molecule has 0 unspecified atom stereocenters. The highest BCUT2D eigenvalue weighted by Gasteiger charge is 2.40. The lowest BCUT2D eigenvalue weighted by Crippen LogP contribution is -2.16. The van der Waals surface area contributed by atoms with Crippen molar-refractivity contribution in [3.05, 3.63) is 5.56 Å². The van der Waals surface area contributed by atoms with Gasteiger partial charge in [-0.05, 0) is 43.1 Å². The van der Waals surface area contributed by atoms with Crippen molar-refractivity contribution in [1.29, 1.82) is 0 Å². The first kappa shape index (κ1) is 13.1. The Bertz CT molecular complexity index is 441. The Balaban J connectivity index is 2.06. The summed E-state index contributed by atoms with van der Waals surface area (Å²) < 4.78 is 9.01. The minimum Gasteiger partial charge on any atom is -0.462 e. The van der Waals surface area contributed by atoms with Gasteiger partial charge >= 0.3 is 5.97 Å². The number of nitrogen functional groups attached to an aromatic ring is 1. The number of ether oxygens (including phenoxy) is 1. The molecule has 100 valence electrons. The summed E-state index contributed by atoms with van der Waals surface area (Å²) in [5.74, 6) is -0.144. The molecule has 1 fully saturated rings. The van der Waals surface area contributed by atoms with Crippen molar-refractivity contribution in [2.24, 2.45) is 5.41 Å². The van der Waals surface area contributed by atoms with E-state index in [1.54, 1.807) is 6.92 Å². The van der Waals surface area contributed by atoms with Crippen molar-refractivity contribution in [2.75, 3.05) is 24.2 Å². The topological polar surface area (TPSA) is 77.2 Å². The number of aromatic nitrogens is 1. The van der Waals surface area contributed by atoms with Crippen LogP contribution in [0, 0.1) is 5.41 Å². The van der Waals surface area contributed by atoms with Crippen LogP contribution in [-0.4, -0.2) is 23.5 Å². The van der Waals surface area contributed by atoms with Crippen molar-refractivity contribution in [2.45, 2.75) is 33.1 Å². The third-order valence-electron chi connectivity index (χ3n) is 3.53. The van der Waals surface area contributed by atoms with Gasteiger partial charge in [0.25, 0.3) is 0 Å². The summed E-state index contributed by atoms with van der Waals surface area (Å²) >= 11 is 1.22. The first-order chi connectivity index (χ1) is 8.62. The van der Waals surface area contributed by atoms with Crippen molar-refractivity contribution in [1.82, 2.24) is 4.37 Å². The fraction of sp³-hybridized carbons (Fsp3) is 0.667. The first-order valence-corrected chi connectivity index (χ1v) is 7.05. The Morgan fingerprint density at radius 1 is 1.56 bits per heavy atom. The minimum atomic E-state index is -0.396. The van der Waals surface area contributed by atoms with Crippen LogP contribution in [0.2, 0.25) is 0 Å². The monoisotopic (exact) mass is 269 g/mol. The Morgan fingerprint density at radius 2 is 2.28 bits per heavy atom. The summed E-state index contributed by atoms with van der Waals surface area (Å²) in [5, 5.41) is 4.03. The fourth-order valence-electron chi connectivity index (χ4n) is 1.92. The molecule has 0 atom stereocenters. The lowest BCUT2D eigenvalue weighted by molar-refractivity contribution is 0.0529. The van der Waals surface area contributed by atoms with E-state index in [2.05, 4.69) is 16.6 Å². The zero-order valence-corrected chi connectivity index (χ0v) is 11.6. The van der Waals surface area contributed by atoms with Crippen LogP contribution >= 0.6 is 11.5 Å². The van der Waals surface area contributed by atoms with E-state index in [9.17, 15) is 4.79 Å². The number of hydrogen-bond acceptors (Lipinski definition) is 6. The van der Waals surface area contributed by atoms with Gasteiger partial charge in [-0.15, -0.1) is 0 Å². The van der Waals surface area contributed by atoms with Gasteiger partial charge < -0.3 is 15.8 Å². The van der Waals surface area contributed by atoms with Crippen molar-refractivity contribution < 1.29 is 9.53 Å². The second-order valence-corrected chi connectivity index (χ2v) is 5.47. The molecule has 0 saturated heterocycles. The molecule has 0 bridgehead atoms. The number of rotatable bonds is 6. The van der Waals surface area contributed by atoms with Crippen LogP contribution in [0.1, 0.15) is 43.5 Å². The second kappa shape index (κ2) is 5.14. The van der Waals surface area contributed by atoms with Gasteiger partial charge in [-0.25, -0.2) is 4.79 Å². The number of nitrogens with one attached hydrogen (secondary N) is 1. The van der Waals surface area contributed by atoms with Crippen molar-refractivity contribution in [3.8, 4) is 0 Å². The van der Waals surface area contributed by atoms with Crippen LogP contribution in [0.15, 0.2) is 0 Å². The molecule has 0 radical (unpaired) electrons. The predicted octanol–water partition coefficient (Wildman–Crippen LogP) is 2.50. The van der Waals surface area contributed by atoms with Crippen LogP contribution in [0.3, 0.4) is 0 Å². The largest absolute Gasteiger partial charge is 0.462 e. The number of hydrogen-bond donors (Lipinski definition) is 2. The molecule has 5 nitrogen and oxygen atoms in total. The molecule has 18 heavy (non-hydrogen) atoms. The van der Waals surface area contributed by atoms with Crippen LogP contribution in [-0.2, 0) is 4.74 Å². The number of carbonyl (C=O) groups excluding carboxylic acids is 1. The van der Waals surface area contributed by atoms with E-state index in [-0.39, 0.29) is 5.82 Å². The van der Waals surface area contributed by atoms with E-state index >= 15 is 0 Å². The molecule has 1 heterocycles. The van der Waals surface area contributed by atoms with Crippen LogP contribution in [0.25, 0.3) is 0 Å². The van der Waals surface area contributed by atoms with Gasteiger partial charge in [0.2, 0.25) is 0 Å². The molecule has 0 aromatic carbocycles. The molecular formula is C12H19N3O2S. The van der Waals surface area contributed by atoms with Crippen LogP contribution in [0.4, 0.5) is 10.8 Å². The number of anilines is 2. The Hall–Kier alpha value is -1.30. The molecule has 0 aliphatic heterocycles. The van der Waals surface area contributed by atoms with E-state index in [0.29, 0.717) is 17.6 Å². The molecule has 3 N–H and O–H groups in total.